The van der Waals surface area contributed by atoms with E-state index in [0.29, 0.717) is 23.0 Å². The molecule has 1 heterocycles. The first-order valence-electron chi connectivity index (χ1n) is 6.10. The number of aromatic nitrogens is 1. The molecular weight excluding hydrogens is 304 g/mol. The van der Waals surface area contributed by atoms with Gasteiger partial charge in [0.2, 0.25) is 0 Å². The predicted octanol–water partition coefficient (Wildman–Crippen LogP) is 4.44. The molecule has 112 valence electrons. The summed E-state index contributed by atoms with van der Waals surface area (Å²) in [5.74, 6) is 0.284. The monoisotopic (exact) mass is 316 g/mol. The first kappa shape index (κ1) is 15.6. The van der Waals surface area contributed by atoms with Crippen molar-refractivity contribution < 1.29 is 17.6 Å². The molecule has 0 atom stereocenters. The summed E-state index contributed by atoms with van der Waals surface area (Å²) in [6.45, 7) is 0.552. The molecule has 2 rings (SSSR count). The fourth-order valence-corrected chi connectivity index (χ4v) is 2.29. The summed E-state index contributed by atoms with van der Waals surface area (Å²) < 4.78 is 50.0. The second-order valence-corrected chi connectivity index (χ2v) is 5.28. The highest BCUT2D eigenvalue weighted by molar-refractivity contribution is 7.99. The third-order valence-electron chi connectivity index (χ3n) is 2.57. The SMILES string of the molecule is Fc1cccc(NCCSc2ccc(C(F)(F)F)cn2)c1. The quantitative estimate of drug-likeness (QED) is 0.501. The van der Waals surface area contributed by atoms with Crippen LogP contribution in [-0.2, 0) is 6.18 Å². The molecule has 0 spiro atoms. The number of benzene rings is 1. The molecule has 0 saturated heterocycles. The summed E-state index contributed by atoms with van der Waals surface area (Å²) in [5.41, 5.74) is -0.0966. The molecule has 0 aliphatic carbocycles. The van der Waals surface area contributed by atoms with Crippen LogP contribution in [0.1, 0.15) is 5.56 Å². The van der Waals surface area contributed by atoms with E-state index in [-0.39, 0.29) is 5.82 Å². The first-order valence-corrected chi connectivity index (χ1v) is 7.09. The van der Waals surface area contributed by atoms with Crippen molar-refractivity contribution in [1.82, 2.24) is 4.98 Å². The Kier molecular flexibility index (Phi) is 5.06. The number of halogens is 4. The Morgan fingerprint density at radius 3 is 2.57 bits per heavy atom. The summed E-state index contributed by atoms with van der Waals surface area (Å²) in [6, 6.07) is 8.42. The summed E-state index contributed by atoms with van der Waals surface area (Å²) in [5, 5.41) is 3.54. The summed E-state index contributed by atoms with van der Waals surface area (Å²) in [6.07, 6.45) is -3.54. The van der Waals surface area contributed by atoms with Crippen LogP contribution in [0.2, 0.25) is 0 Å². The molecule has 0 bridgehead atoms. The molecule has 2 aromatic rings. The lowest BCUT2D eigenvalue weighted by Crippen LogP contribution is -2.06. The van der Waals surface area contributed by atoms with Crippen LogP contribution in [-0.4, -0.2) is 17.3 Å². The topological polar surface area (TPSA) is 24.9 Å². The van der Waals surface area contributed by atoms with E-state index in [0.717, 1.165) is 12.3 Å². The van der Waals surface area contributed by atoms with Crippen LogP contribution in [0.15, 0.2) is 47.6 Å². The van der Waals surface area contributed by atoms with Crippen molar-refractivity contribution in [3.05, 3.63) is 54.0 Å². The van der Waals surface area contributed by atoms with E-state index in [1.54, 1.807) is 12.1 Å². The van der Waals surface area contributed by atoms with Gasteiger partial charge in [0.05, 0.1) is 10.6 Å². The molecule has 0 saturated carbocycles. The van der Waals surface area contributed by atoms with Crippen molar-refractivity contribution in [3.63, 3.8) is 0 Å². The standard InChI is InChI=1S/C14H12F4N2S/c15-11-2-1-3-12(8-11)19-6-7-21-13-5-4-10(9-20-13)14(16,17)18/h1-5,8-9,19H,6-7H2. The van der Waals surface area contributed by atoms with Crippen LogP contribution < -0.4 is 5.32 Å². The van der Waals surface area contributed by atoms with Crippen LogP contribution >= 0.6 is 11.8 Å². The molecule has 0 radical (unpaired) electrons. The molecule has 0 fully saturated rings. The molecule has 0 aliphatic rings. The van der Waals surface area contributed by atoms with Gasteiger partial charge >= 0.3 is 6.18 Å². The van der Waals surface area contributed by atoms with Gasteiger partial charge in [-0.15, -0.1) is 11.8 Å². The number of alkyl halides is 3. The largest absolute Gasteiger partial charge is 0.417 e. The number of nitrogens with one attached hydrogen (secondary N) is 1. The van der Waals surface area contributed by atoms with E-state index in [1.807, 2.05) is 0 Å². The Morgan fingerprint density at radius 2 is 1.95 bits per heavy atom. The summed E-state index contributed by atoms with van der Waals surface area (Å²) in [7, 11) is 0. The molecule has 2 nitrogen and oxygen atoms in total. The minimum absolute atomic E-state index is 0.322. The third-order valence-corrected chi connectivity index (χ3v) is 3.51. The Labute approximate surface area is 123 Å². The lowest BCUT2D eigenvalue weighted by Gasteiger charge is -2.08. The van der Waals surface area contributed by atoms with Crippen molar-refractivity contribution in [2.24, 2.45) is 0 Å². The smallest absolute Gasteiger partial charge is 0.384 e. The van der Waals surface area contributed by atoms with Crippen LogP contribution in [0.3, 0.4) is 0 Å². The highest BCUT2D eigenvalue weighted by Crippen LogP contribution is 2.29. The van der Waals surface area contributed by atoms with Crippen molar-refractivity contribution >= 4 is 17.4 Å². The van der Waals surface area contributed by atoms with Crippen LogP contribution in [0.5, 0.6) is 0 Å². The zero-order valence-electron chi connectivity index (χ0n) is 10.8. The van der Waals surface area contributed by atoms with Gasteiger partial charge < -0.3 is 5.32 Å². The Balaban J connectivity index is 1.79. The maximum absolute atomic E-state index is 12.9. The van der Waals surface area contributed by atoms with Gasteiger partial charge in [0, 0.05) is 24.2 Å². The number of thioether (sulfide) groups is 1. The molecule has 0 unspecified atom stereocenters. The van der Waals surface area contributed by atoms with Crippen LogP contribution in [0, 0.1) is 5.82 Å². The van der Waals surface area contributed by atoms with E-state index in [4.69, 9.17) is 0 Å². The third kappa shape index (κ3) is 4.93. The van der Waals surface area contributed by atoms with Crippen molar-refractivity contribution in [2.75, 3.05) is 17.6 Å². The Hall–Kier alpha value is -1.76. The van der Waals surface area contributed by atoms with E-state index in [9.17, 15) is 17.6 Å². The van der Waals surface area contributed by atoms with Crippen LogP contribution in [0.25, 0.3) is 0 Å². The molecule has 21 heavy (non-hydrogen) atoms. The van der Waals surface area contributed by atoms with E-state index >= 15 is 0 Å². The Morgan fingerprint density at radius 1 is 1.14 bits per heavy atom. The minimum atomic E-state index is -4.37. The lowest BCUT2D eigenvalue weighted by molar-refractivity contribution is -0.137. The van der Waals surface area contributed by atoms with Crippen molar-refractivity contribution in [2.45, 2.75) is 11.2 Å². The van der Waals surface area contributed by atoms with Crippen molar-refractivity contribution in [3.8, 4) is 0 Å². The number of anilines is 1. The van der Waals surface area contributed by atoms with E-state index in [2.05, 4.69) is 10.3 Å². The number of pyridine rings is 1. The van der Waals surface area contributed by atoms with Gasteiger partial charge in [-0.1, -0.05) is 6.07 Å². The van der Waals surface area contributed by atoms with Gasteiger partial charge in [-0.2, -0.15) is 13.2 Å². The fourth-order valence-electron chi connectivity index (χ4n) is 1.58. The molecule has 1 aromatic heterocycles. The van der Waals surface area contributed by atoms with Gasteiger partial charge in [-0.25, -0.2) is 9.37 Å². The van der Waals surface area contributed by atoms with Gasteiger partial charge in [0.15, 0.2) is 0 Å². The molecule has 1 N–H and O–H groups in total. The highest BCUT2D eigenvalue weighted by atomic mass is 32.2. The fraction of sp³-hybridized carbons (Fsp3) is 0.214. The predicted molar refractivity (Wildman–Crippen MR) is 74.9 cm³/mol. The second-order valence-electron chi connectivity index (χ2n) is 4.17. The Bertz CT molecular complexity index is 584. The van der Waals surface area contributed by atoms with Gasteiger partial charge in [0.25, 0.3) is 0 Å². The summed E-state index contributed by atoms with van der Waals surface area (Å²) in [4.78, 5) is 3.76. The zero-order valence-corrected chi connectivity index (χ0v) is 11.6. The second kappa shape index (κ2) is 6.80. The van der Waals surface area contributed by atoms with E-state index in [1.165, 1.54) is 30.0 Å². The number of rotatable bonds is 5. The normalized spacial score (nSPS) is 11.4. The molecule has 0 amide bonds. The molecular formula is C14H12F4N2S. The van der Waals surface area contributed by atoms with Gasteiger partial charge in [0.1, 0.15) is 5.82 Å². The molecule has 0 aliphatic heterocycles. The number of hydrogen-bond donors (Lipinski definition) is 1. The maximum atomic E-state index is 12.9. The molecule has 7 heteroatoms. The minimum Gasteiger partial charge on any atom is -0.384 e. The molecule has 1 aromatic carbocycles. The summed E-state index contributed by atoms with van der Waals surface area (Å²) >= 11 is 1.33. The maximum Gasteiger partial charge on any atom is 0.417 e. The number of hydrogen-bond acceptors (Lipinski definition) is 3. The zero-order chi connectivity index (χ0) is 15.3. The number of nitrogens with zero attached hydrogens (tertiary/aromatic N) is 1. The van der Waals surface area contributed by atoms with Gasteiger partial charge in [-0.05, 0) is 30.3 Å². The average Bonchev–Trinajstić information content (AvgIpc) is 2.43. The lowest BCUT2D eigenvalue weighted by atomic mass is 10.3. The van der Waals surface area contributed by atoms with Crippen LogP contribution in [0.4, 0.5) is 23.2 Å². The highest BCUT2D eigenvalue weighted by Gasteiger charge is 2.30. The van der Waals surface area contributed by atoms with E-state index < -0.39 is 11.7 Å². The van der Waals surface area contributed by atoms with Gasteiger partial charge in [-0.3, -0.25) is 0 Å². The van der Waals surface area contributed by atoms with Crippen molar-refractivity contribution in [1.29, 1.82) is 0 Å². The average molecular weight is 316 g/mol. The first-order chi connectivity index (χ1) is 9.95.